The van der Waals surface area contributed by atoms with Gasteiger partial charge in [-0.1, -0.05) is 90.6 Å². The molecule has 3 aromatic carbocycles. The molecule has 5 aromatic rings. The number of thioether (sulfide) groups is 1. The highest BCUT2D eigenvalue weighted by atomic mass is 32.2. The normalized spacial score (nSPS) is 14.8. The van der Waals surface area contributed by atoms with Crippen molar-refractivity contribution in [3.63, 3.8) is 0 Å². The molecule has 178 valence electrons. The van der Waals surface area contributed by atoms with E-state index in [0.717, 1.165) is 16.8 Å². The zero-order valence-corrected chi connectivity index (χ0v) is 20.1. The fourth-order valence-electron chi connectivity index (χ4n) is 4.62. The Morgan fingerprint density at radius 1 is 0.944 bits per heavy atom. The second-order valence-corrected chi connectivity index (χ2v) is 9.68. The van der Waals surface area contributed by atoms with E-state index in [9.17, 15) is 9.59 Å². The first-order valence-corrected chi connectivity index (χ1v) is 12.8. The van der Waals surface area contributed by atoms with Crippen LogP contribution >= 0.6 is 11.8 Å². The third-order valence-electron chi connectivity index (χ3n) is 6.36. The summed E-state index contributed by atoms with van der Waals surface area (Å²) in [4.78, 5) is 31.5. The van der Waals surface area contributed by atoms with E-state index in [0.29, 0.717) is 21.9 Å². The van der Waals surface area contributed by atoms with Gasteiger partial charge in [0.05, 0.1) is 24.0 Å². The van der Waals surface area contributed by atoms with Crippen molar-refractivity contribution in [2.75, 3.05) is 5.75 Å². The molecule has 2 aromatic heterocycles. The van der Waals surface area contributed by atoms with E-state index in [2.05, 4.69) is 10.4 Å². The maximum Gasteiger partial charge on any atom is 0.265 e. The molecule has 0 fully saturated rings. The standard InChI is InChI=1S/C28H23N5O2S/c34-24(30-25(19-10-4-1-5-11-19)20-12-6-2-7-13-20)16-22-18-36-28-31-26-23(27(35)32(22)28)17-29-33(26)21-14-8-3-9-15-21/h1-15,17,22,25H,16,18H2,(H,30,34). The van der Waals surface area contributed by atoms with Crippen LogP contribution in [-0.4, -0.2) is 31.0 Å². The lowest BCUT2D eigenvalue weighted by atomic mass is 9.98. The van der Waals surface area contributed by atoms with Crippen LogP contribution in [-0.2, 0) is 4.79 Å². The molecule has 6 rings (SSSR count). The van der Waals surface area contributed by atoms with Gasteiger partial charge in [-0.3, -0.25) is 14.2 Å². The molecule has 0 bridgehead atoms. The van der Waals surface area contributed by atoms with Crippen molar-refractivity contribution in [3.8, 4) is 5.69 Å². The summed E-state index contributed by atoms with van der Waals surface area (Å²) in [6, 6.07) is 28.9. The minimum Gasteiger partial charge on any atom is -0.345 e. The molecule has 1 aliphatic heterocycles. The second kappa shape index (κ2) is 9.47. The van der Waals surface area contributed by atoms with Gasteiger partial charge in [0.1, 0.15) is 5.39 Å². The van der Waals surface area contributed by atoms with E-state index in [4.69, 9.17) is 4.98 Å². The molecule has 36 heavy (non-hydrogen) atoms. The first-order chi connectivity index (χ1) is 17.7. The lowest BCUT2D eigenvalue weighted by Gasteiger charge is -2.21. The largest absolute Gasteiger partial charge is 0.345 e. The Morgan fingerprint density at radius 3 is 2.19 bits per heavy atom. The third-order valence-corrected chi connectivity index (χ3v) is 7.46. The summed E-state index contributed by atoms with van der Waals surface area (Å²) in [5.41, 5.74) is 3.22. The van der Waals surface area contributed by atoms with Gasteiger partial charge >= 0.3 is 0 Å². The van der Waals surface area contributed by atoms with Crippen LogP contribution < -0.4 is 10.9 Å². The van der Waals surface area contributed by atoms with Crippen molar-refractivity contribution in [2.45, 2.75) is 23.7 Å². The van der Waals surface area contributed by atoms with Crippen LogP contribution in [0.25, 0.3) is 16.7 Å². The molecule has 1 aliphatic rings. The summed E-state index contributed by atoms with van der Waals surface area (Å²) >= 11 is 1.50. The van der Waals surface area contributed by atoms with Gasteiger partial charge in [0, 0.05) is 12.2 Å². The monoisotopic (exact) mass is 493 g/mol. The van der Waals surface area contributed by atoms with Gasteiger partial charge in [-0.25, -0.2) is 9.67 Å². The van der Waals surface area contributed by atoms with Crippen molar-refractivity contribution in [3.05, 3.63) is 119 Å². The summed E-state index contributed by atoms with van der Waals surface area (Å²) in [5, 5.41) is 8.66. The predicted molar refractivity (Wildman–Crippen MR) is 140 cm³/mol. The number of hydrogen-bond donors (Lipinski definition) is 1. The van der Waals surface area contributed by atoms with E-state index in [1.807, 2.05) is 91.0 Å². The highest BCUT2D eigenvalue weighted by molar-refractivity contribution is 7.99. The molecule has 1 atom stereocenters. The van der Waals surface area contributed by atoms with Crippen LogP contribution in [0.15, 0.2) is 107 Å². The van der Waals surface area contributed by atoms with E-state index in [-0.39, 0.29) is 30.0 Å². The fraction of sp³-hybridized carbons (Fsp3) is 0.143. The summed E-state index contributed by atoms with van der Waals surface area (Å²) in [5.74, 6) is 0.501. The Hall–Kier alpha value is -4.17. The van der Waals surface area contributed by atoms with Crippen molar-refractivity contribution < 1.29 is 4.79 Å². The molecule has 0 saturated carbocycles. The Labute approximate surface area is 211 Å². The van der Waals surface area contributed by atoms with E-state index >= 15 is 0 Å². The highest BCUT2D eigenvalue weighted by Gasteiger charge is 2.30. The van der Waals surface area contributed by atoms with Crippen LogP contribution in [0.4, 0.5) is 0 Å². The van der Waals surface area contributed by atoms with E-state index < -0.39 is 0 Å². The minimum atomic E-state index is -0.276. The first-order valence-electron chi connectivity index (χ1n) is 11.8. The van der Waals surface area contributed by atoms with Gasteiger partial charge in [0.25, 0.3) is 5.56 Å². The molecule has 1 N–H and O–H groups in total. The smallest absolute Gasteiger partial charge is 0.265 e. The second-order valence-electron chi connectivity index (χ2n) is 8.69. The SMILES string of the molecule is O=C(CC1CSc2nc3c(cnn3-c3ccccc3)c(=O)n21)NC(c1ccccc1)c1ccccc1. The Balaban J connectivity index is 1.28. The number of nitrogens with zero attached hydrogens (tertiary/aromatic N) is 4. The summed E-state index contributed by atoms with van der Waals surface area (Å²) < 4.78 is 3.34. The molecule has 7 nitrogen and oxygen atoms in total. The van der Waals surface area contributed by atoms with Crippen LogP contribution in [0, 0.1) is 0 Å². The van der Waals surface area contributed by atoms with Gasteiger partial charge in [-0.05, 0) is 23.3 Å². The molecule has 3 heterocycles. The number of carbonyl (C=O) groups is 1. The number of para-hydroxylation sites is 1. The van der Waals surface area contributed by atoms with Crippen molar-refractivity contribution in [1.29, 1.82) is 0 Å². The zero-order valence-electron chi connectivity index (χ0n) is 19.3. The molecule has 0 spiro atoms. The van der Waals surface area contributed by atoms with Gasteiger partial charge in [0.2, 0.25) is 5.91 Å². The Kier molecular flexibility index (Phi) is 5.87. The topological polar surface area (TPSA) is 81.8 Å². The molecule has 0 radical (unpaired) electrons. The molecular weight excluding hydrogens is 470 g/mol. The van der Waals surface area contributed by atoms with Crippen molar-refractivity contribution in [2.24, 2.45) is 0 Å². The van der Waals surface area contributed by atoms with Crippen molar-refractivity contribution >= 4 is 28.7 Å². The Bertz CT molecular complexity index is 1540. The Morgan fingerprint density at radius 2 is 1.56 bits per heavy atom. The lowest BCUT2D eigenvalue weighted by Crippen LogP contribution is -2.33. The van der Waals surface area contributed by atoms with Crippen LogP contribution in [0.3, 0.4) is 0 Å². The predicted octanol–water partition coefficient (Wildman–Crippen LogP) is 4.52. The first kappa shape index (κ1) is 22.3. The number of carbonyl (C=O) groups excluding carboxylic acids is 1. The maximum atomic E-state index is 13.4. The number of rotatable bonds is 6. The molecule has 0 saturated heterocycles. The average molecular weight is 494 g/mol. The molecule has 1 unspecified atom stereocenters. The van der Waals surface area contributed by atoms with Crippen LogP contribution in [0.5, 0.6) is 0 Å². The van der Waals surface area contributed by atoms with Crippen LogP contribution in [0.2, 0.25) is 0 Å². The highest BCUT2D eigenvalue weighted by Crippen LogP contribution is 2.34. The van der Waals surface area contributed by atoms with Gasteiger partial charge in [-0.2, -0.15) is 5.10 Å². The van der Waals surface area contributed by atoms with Crippen LogP contribution in [0.1, 0.15) is 29.6 Å². The maximum absolute atomic E-state index is 13.4. The minimum absolute atomic E-state index is 0.113. The van der Waals surface area contributed by atoms with Gasteiger partial charge < -0.3 is 5.32 Å². The van der Waals surface area contributed by atoms with Gasteiger partial charge in [-0.15, -0.1) is 0 Å². The number of hydrogen-bond acceptors (Lipinski definition) is 5. The third kappa shape index (κ3) is 4.09. The van der Waals surface area contributed by atoms with Crippen molar-refractivity contribution in [1.82, 2.24) is 24.6 Å². The number of amides is 1. The molecule has 0 aliphatic carbocycles. The number of fused-ring (bicyclic) bond motifs is 2. The zero-order chi connectivity index (χ0) is 24.5. The fourth-order valence-corrected chi connectivity index (χ4v) is 5.75. The summed E-state index contributed by atoms with van der Waals surface area (Å²) in [7, 11) is 0. The lowest BCUT2D eigenvalue weighted by molar-refractivity contribution is -0.122. The quantitative estimate of drug-likeness (QED) is 0.352. The number of benzene rings is 3. The number of aromatic nitrogens is 4. The van der Waals surface area contributed by atoms with Gasteiger partial charge in [0.15, 0.2) is 10.8 Å². The summed E-state index contributed by atoms with van der Waals surface area (Å²) in [6.45, 7) is 0. The molecule has 8 heteroatoms. The summed E-state index contributed by atoms with van der Waals surface area (Å²) in [6.07, 6.45) is 1.75. The number of nitrogens with one attached hydrogen (secondary N) is 1. The van der Waals surface area contributed by atoms with E-state index in [1.54, 1.807) is 15.4 Å². The molecule has 1 amide bonds. The van der Waals surface area contributed by atoms with E-state index in [1.165, 1.54) is 11.8 Å². The average Bonchev–Trinajstić information content (AvgIpc) is 3.54. The molecular formula is C28H23N5O2S.